The molecule has 1 amide bonds. The SMILES string of the molecule is COC(=O)N[C@H](Cc1ccc(OC)c(OC)c1)C(=O)O. The van der Waals surface area contributed by atoms with Gasteiger partial charge in [-0.3, -0.25) is 0 Å². The highest BCUT2D eigenvalue weighted by molar-refractivity contribution is 5.80. The highest BCUT2D eigenvalue weighted by atomic mass is 16.5. The Hall–Kier alpha value is -2.44. The minimum absolute atomic E-state index is 0.102. The van der Waals surface area contributed by atoms with E-state index in [1.807, 2.05) is 0 Å². The van der Waals surface area contributed by atoms with Gasteiger partial charge in [0.25, 0.3) is 0 Å². The normalized spacial score (nSPS) is 11.3. The molecular weight excluding hydrogens is 266 g/mol. The number of nitrogens with one attached hydrogen (secondary N) is 1. The summed E-state index contributed by atoms with van der Waals surface area (Å²) in [5, 5.41) is 11.3. The van der Waals surface area contributed by atoms with Gasteiger partial charge in [0, 0.05) is 6.42 Å². The molecule has 1 atom stereocenters. The van der Waals surface area contributed by atoms with Gasteiger partial charge in [-0.05, 0) is 17.7 Å². The summed E-state index contributed by atoms with van der Waals surface area (Å²) in [7, 11) is 4.17. The van der Waals surface area contributed by atoms with Crippen LogP contribution in [-0.4, -0.2) is 44.5 Å². The van der Waals surface area contributed by atoms with Crippen molar-refractivity contribution in [3.05, 3.63) is 23.8 Å². The highest BCUT2D eigenvalue weighted by Gasteiger charge is 2.21. The van der Waals surface area contributed by atoms with E-state index in [9.17, 15) is 9.59 Å². The fraction of sp³-hybridized carbons (Fsp3) is 0.385. The van der Waals surface area contributed by atoms with Gasteiger partial charge in [-0.1, -0.05) is 6.07 Å². The third-order valence-electron chi connectivity index (χ3n) is 2.66. The molecule has 0 aromatic heterocycles. The van der Waals surface area contributed by atoms with E-state index in [4.69, 9.17) is 14.6 Å². The summed E-state index contributed by atoms with van der Waals surface area (Å²) in [4.78, 5) is 22.2. The van der Waals surface area contributed by atoms with Crippen LogP contribution in [0.2, 0.25) is 0 Å². The number of amides is 1. The third-order valence-corrected chi connectivity index (χ3v) is 2.66. The van der Waals surface area contributed by atoms with Gasteiger partial charge in [0.1, 0.15) is 6.04 Å². The van der Waals surface area contributed by atoms with E-state index in [1.54, 1.807) is 18.2 Å². The number of carbonyl (C=O) groups excluding carboxylic acids is 1. The molecule has 0 bridgehead atoms. The van der Waals surface area contributed by atoms with Crippen molar-refractivity contribution >= 4 is 12.1 Å². The molecule has 0 radical (unpaired) electrons. The van der Waals surface area contributed by atoms with Crippen molar-refractivity contribution in [2.24, 2.45) is 0 Å². The van der Waals surface area contributed by atoms with E-state index in [1.165, 1.54) is 21.3 Å². The predicted octanol–water partition coefficient (Wildman–Crippen LogP) is 1.06. The van der Waals surface area contributed by atoms with E-state index in [0.717, 1.165) is 0 Å². The summed E-state index contributed by atoms with van der Waals surface area (Å²) in [6, 6.07) is 3.95. The Bertz CT molecular complexity index is 488. The first-order chi connectivity index (χ1) is 9.51. The van der Waals surface area contributed by atoms with Crippen LogP contribution < -0.4 is 14.8 Å². The largest absolute Gasteiger partial charge is 0.493 e. The molecule has 0 aliphatic heterocycles. The van der Waals surface area contributed by atoms with Crippen LogP contribution in [-0.2, 0) is 16.0 Å². The minimum atomic E-state index is -1.15. The van der Waals surface area contributed by atoms with Crippen molar-refractivity contribution in [2.45, 2.75) is 12.5 Å². The van der Waals surface area contributed by atoms with Crippen molar-refractivity contribution in [1.29, 1.82) is 0 Å². The Balaban J connectivity index is 2.88. The van der Waals surface area contributed by atoms with Gasteiger partial charge in [0.05, 0.1) is 21.3 Å². The number of carboxylic acid groups (broad SMARTS) is 1. The lowest BCUT2D eigenvalue weighted by atomic mass is 10.1. The molecular formula is C13H17NO6. The van der Waals surface area contributed by atoms with E-state index in [0.29, 0.717) is 17.1 Å². The molecule has 1 rings (SSSR count). The summed E-state index contributed by atoms with van der Waals surface area (Å²) >= 11 is 0. The van der Waals surface area contributed by atoms with Crippen LogP contribution >= 0.6 is 0 Å². The number of benzene rings is 1. The molecule has 1 aromatic rings. The monoisotopic (exact) mass is 283 g/mol. The van der Waals surface area contributed by atoms with Crippen molar-refractivity contribution in [1.82, 2.24) is 5.32 Å². The summed E-state index contributed by atoms with van der Waals surface area (Å²) in [5.41, 5.74) is 0.687. The molecule has 7 nitrogen and oxygen atoms in total. The molecule has 0 fully saturated rings. The van der Waals surface area contributed by atoms with Crippen LogP contribution in [0.5, 0.6) is 11.5 Å². The number of hydrogen-bond acceptors (Lipinski definition) is 5. The first-order valence-electron chi connectivity index (χ1n) is 5.80. The van der Waals surface area contributed by atoms with E-state index >= 15 is 0 Å². The van der Waals surface area contributed by atoms with Crippen molar-refractivity contribution < 1.29 is 28.9 Å². The Morgan fingerprint density at radius 1 is 1.20 bits per heavy atom. The Morgan fingerprint density at radius 2 is 1.85 bits per heavy atom. The number of rotatable bonds is 6. The maximum absolute atomic E-state index is 11.1. The van der Waals surface area contributed by atoms with Crippen molar-refractivity contribution in [3.8, 4) is 11.5 Å². The zero-order chi connectivity index (χ0) is 15.1. The molecule has 1 aromatic carbocycles. The Morgan fingerprint density at radius 3 is 2.35 bits per heavy atom. The third kappa shape index (κ3) is 4.04. The van der Waals surface area contributed by atoms with Gasteiger partial charge < -0.3 is 24.6 Å². The number of ether oxygens (including phenoxy) is 3. The summed E-state index contributed by atoms with van der Waals surface area (Å²) in [5.74, 6) is -0.110. The number of carbonyl (C=O) groups is 2. The second kappa shape index (κ2) is 7.22. The van der Waals surface area contributed by atoms with Crippen molar-refractivity contribution in [2.75, 3.05) is 21.3 Å². The number of alkyl carbamates (subject to hydrolysis) is 1. The lowest BCUT2D eigenvalue weighted by Gasteiger charge is -2.15. The quantitative estimate of drug-likeness (QED) is 0.810. The molecule has 0 heterocycles. The van der Waals surface area contributed by atoms with Crippen LogP contribution in [0.3, 0.4) is 0 Å². The number of hydrogen-bond donors (Lipinski definition) is 2. The average molecular weight is 283 g/mol. The molecule has 0 unspecified atom stereocenters. The summed E-state index contributed by atoms with van der Waals surface area (Å²) in [6.45, 7) is 0. The van der Waals surface area contributed by atoms with Gasteiger partial charge in [-0.25, -0.2) is 9.59 Å². The molecule has 20 heavy (non-hydrogen) atoms. The summed E-state index contributed by atoms with van der Waals surface area (Å²) in [6.07, 6.45) is -0.692. The van der Waals surface area contributed by atoms with Crippen LogP contribution in [0.15, 0.2) is 18.2 Å². The molecule has 0 aliphatic rings. The number of methoxy groups -OCH3 is 3. The second-order valence-electron chi connectivity index (χ2n) is 3.92. The standard InChI is InChI=1S/C13H17NO6/c1-18-10-5-4-8(7-11(10)19-2)6-9(12(15)16)14-13(17)20-3/h4-5,7,9H,6H2,1-3H3,(H,14,17)(H,15,16)/t9-/m1/s1. The first kappa shape index (κ1) is 15.6. The zero-order valence-electron chi connectivity index (χ0n) is 11.5. The lowest BCUT2D eigenvalue weighted by molar-refractivity contribution is -0.139. The minimum Gasteiger partial charge on any atom is -0.493 e. The number of aliphatic carboxylic acids is 1. The predicted molar refractivity (Wildman–Crippen MR) is 70.2 cm³/mol. The van der Waals surface area contributed by atoms with Gasteiger partial charge in [-0.15, -0.1) is 0 Å². The molecule has 110 valence electrons. The van der Waals surface area contributed by atoms with E-state index in [2.05, 4.69) is 10.1 Å². The Kier molecular flexibility index (Phi) is 5.64. The maximum Gasteiger partial charge on any atom is 0.407 e. The van der Waals surface area contributed by atoms with Crippen LogP contribution in [0, 0.1) is 0 Å². The van der Waals surface area contributed by atoms with Crippen molar-refractivity contribution in [3.63, 3.8) is 0 Å². The van der Waals surface area contributed by atoms with Crippen LogP contribution in [0.25, 0.3) is 0 Å². The second-order valence-corrected chi connectivity index (χ2v) is 3.92. The van der Waals surface area contributed by atoms with E-state index in [-0.39, 0.29) is 6.42 Å². The van der Waals surface area contributed by atoms with E-state index < -0.39 is 18.1 Å². The smallest absolute Gasteiger partial charge is 0.407 e. The summed E-state index contributed by atoms with van der Waals surface area (Å²) < 4.78 is 14.6. The Labute approximate surface area is 116 Å². The molecule has 0 spiro atoms. The van der Waals surface area contributed by atoms with Crippen LogP contribution in [0.1, 0.15) is 5.56 Å². The molecule has 2 N–H and O–H groups in total. The lowest BCUT2D eigenvalue weighted by Crippen LogP contribution is -2.42. The van der Waals surface area contributed by atoms with Gasteiger partial charge in [0.2, 0.25) is 0 Å². The number of carboxylic acids is 1. The zero-order valence-corrected chi connectivity index (χ0v) is 11.5. The molecule has 7 heteroatoms. The van der Waals surface area contributed by atoms with Gasteiger partial charge in [0.15, 0.2) is 11.5 Å². The van der Waals surface area contributed by atoms with Gasteiger partial charge >= 0.3 is 12.1 Å². The molecule has 0 saturated heterocycles. The maximum atomic E-state index is 11.1. The first-order valence-corrected chi connectivity index (χ1v) is 5.80. The topological polar surface area (TPSA) is 94.1 Å². The fourth-order valence-corrected chi connectivity index (χ4v) is 1.64. The highest BCUT2D eigenvalue weighted by Crippen LogP contribution is 2.27. The average Bonchev–Trinajstić information content (AvgIpc) is 2.45. The van der Waals surface area contributed by atoms with Gasteiger partial charge in [-0.2, -0.15) is 0 Å². The fourth-order valence-electron chi connectivity index (χ4n) is 1.64. The van der Waals surface area contributed by atoms with Crippen LogP contribution in [0.4, 0.5) is 4.79 Å². The molecule has 0 aliphatic carbocycles. The molecule has 0 saturated carbocycles.